The molecule has 10 aromatic carbocycles. The number of nitrogens with zero attached hydrogens (tertiary/aromatic N) is 12. The second-order valence-corrected chi connectivity index (χ2v) is 19.2. The zero-order valence-electron chi connectivity index (χ0n) is 43.0. The number of hydrogen-bond donors (Lipinski definition) is 0. The summed E-state index contributed by atoms with van der Waals surface area (Å²) in [5.41, 5.74) is 11.1. The largest absolute Gasteiger partial charge is 0.308 e. The smallest absolute Gasteiger partial charge is 0.196 e. The van der Waals surface area contributed by atoms with Gasteiger partial charge in [-0.05, 0) is 153 Å². The van der Waals surface area contributed by atoms with Crippen LogP contribution in [-0.4, -0.2) is 9.13 Å². The first-order valence-electron chi connectivity index (χ1n) is 25.2. The lowest BCUT2D eigenvalue weighted by molar-refractivity contribution is 0.631. The molecule has 83 heavy (non-hydrogen) atoms. The second-order valence-electron chi connectivity index (χ2n) is 19.2. The van der Waals surface area contributed by atoms with E-state index in [2.05, 4.69) is 49.7 Å². The fourth-order valence-corrected chi connectivity index (χ4v) is 11.1. The molecule has 0 N–H and O–H groups in total. The number of halogens is 1. The van der Waals surface area contributed by atoms with Gasteiger partial charge in [-0.2, -0.15) is 31.6 Å². The molecular weight excluding hydrogens is 1030 g/mol. The van der Waals surface area contributed by atoms with Crippen LogP contribution in [0.1, 0.15) is 33.4 Å². The molecule has 2 heterocycles. The molecule has 0 aliphatic heterocycles. The van der Waals surface area contributed by atoms with Gasteiger partial charge in [0.25, 0.3) is 0 Å². The molecule has 2 aromatic heterocycles. The summed E-state index contributed by atoms with van der Waals surface area (Å²) >= 11 is 0. The number of aromatic nitrogens is 2. The third-order valence-corrected chi connectivity index (χ3v) is 14.9. The van der Waals surface area contributed by atoms with E-state index in [9.17, 15) is 31.6 Å². The molecule has 0 bridgehead atoms. The van der Waals surface area contributed by atoms with Crippen molar-refractivity contribution >= 4 is 66.4 Å². The summed E-state index contributed by atoms with van der Waals surface area (Å²) in [7, 11) is 0. The van der Waals surface area contributed by atoms with E-state index in [0.717, 1.165) is 6.07 Å². The lowest BCUT2D eigenvalue weighted by Crippen LogP contribution is -2.05. The molecule has 0 radical (unpaired) electrons. The Labute approximate surface area is 473 Å². The van der Waals surface area contributed by atoms with E-state index < -0.39 is 5.82 Å². The quantitative estimate of drug-likeness (QED) is 0.144. The zero-order valence-corrected chi connectivity index (χ0v) is 43.0. The number of rotatable bonds is 7. The van der Waals surface area contributed by atoms with Crippen LogP contribution in [0.15, 0.2) is 176 Å². The molecule has 0 atom stereocenters. The normalized spacial score (nSPS) is 10.6. The van der Waals surface area contributed by atoms with Gasteiger partial charge < -0.3 is 9.13 Å². The Bertz CT molecular complexity index is 4810. The summed E-state index contributed by atoms with van der Waals surface area (Å²) in [6.07, 6.45) is 0. The van der Waals surface area contributed by atoms with Crippen molar-refractivity contribution in [2.75, 3.05) is 0 Å². The van der Waals surface area contributed by atoms with Gasteiger partial charge in [-0.25, -0.2) is 23.8 Å². The zero-order chi connectivity index (χ0) is 57.6. The third kappa shape index (κ3) is 8.30. The van der Waals surface area contributed by atoms with E-state index in [1.807, 2.05) is 88.0 Å². The van der Waals surface area contributed by atoms with E-state index in [1.54, 1.807) is 60.7 Å². The van der Waals surface area contributed by atoms with Crippen LogP contribution in [0.3, 0.4) is 0 Å². The fourth-order valence-electron chi connectivity index (χ4n) is 11.1. The Morgan fingerprint density at radius 3 is 1.14 bits per heavy atom. The van der Waals surface area contributed by atoms with Crippen LogP contribution in [0.25, 0.3) is 130 Å². The molecule has 0 spiro atoms. The van der Waals surface area contributed by atoms with Crippen LogP contribution >= 0.6 is 0 Å². The van der Waals surface area contributed by atoms with E-state index in [1.165, 1.54) is 36.4 Å². The van der Waals surface area contributed by atoms with Crippen molar-refractivity contribution in [3.63, 3.8) is 0 Å². The van der Waals surface area contributed by atoms with E-state index in [-0.39, 0.29) is 39.2 Å². The second kappa shape index (κ2) is 20.2. The summed E-state index contributed by atoms with van der Waals surface area (Å²) in [5.74, 6) is -0.690. The SMILES string of the molecule is [C-]#[N+]c1ccc(-c2ccc3c(c2)c2cc(-c4ccc([N+]#[C-])cc4[N+]#[C-])ccc2n3-c2cc(-c3ccc(C#N)cc3F)cc(-n3c4ccc(-c5ccc(C#N)cc5C#N)cc4c4cc(-c5ccc(C#N)cc5[N+]#[C-])ccc43)c2C#N)c(C#N)c1. The van der Waals surface area contributed by atoms with Gasteiger partial charge in [0.1, 0.15) is 17.4 Å². The molecule has 0 unspecified atom stereocenters. The maximum atomic E-state index is 16.7. The molecule has 0 saturated heterocycles. The van der Waals surface area contributed by atoms with Gasteiger partial charge in [-0.15, -0.1) is 0 Å². The average molecular weight is 1060 g/mol. The van der Waals surface area contributed by atoms with Crippen LogP contribution in [0.4, 0.5) is 27.1 Å². The highest BCUT2D eigenvalue weighted by Gasteiger charge is 2.26. The Balaban J connectivity index is 1.20. The van der Waals surface area contributed by atoms with Crippen molar-refractivity contribution in [2.24, 2.45) is 0 Å². The van der Waals surface area contributed by atoms with Crippen LogP contribution < -0.4 is 0 Å². The minimum atomic E-state index is -0.690. The van der Waals surface area contributed by atoms with Crippen molar-refractivity contribution in [1.29, 1.82) is 31.6 Å². The predicted molar refractivity (Wildman–Crippen MR) is 316 cm³/mol. The monoisotopic (exact) mass is 1060 g/mol. The molecule has 13 heteroatoms. The summed E-state index contributed by atoms with van der Waals surface area (Å²) < 4.78 is 20.6. The summed E-state index contributed by atoms with van der Waals surface area (Å²) in [6.45, 7) is 31.4. The number of hydrogen-bond acceptors (Lipinski definition) is 6. The standard InChI is InChI=1S/C70H29FN12/c1-78-50-12-17-53(49(26-50)38-76)44-9-20-66-58(28-44)60-30-46(56-18-13-51(79-2)33-64(56)81-4)11-22-68(60)83(66)70-32-47(54-15-6-41(35-73)24-62(54)71)31-69(61(70)39-77)82-65-19-8-43(52-14-5-40(34-72)23-48(52)37-75)27-57(65)59-29-45(10-21-67(59)82)55-16-7-42(36-74)25-63(55)80-3/h5-33H. The van der Waals surface area contributed by atoms with Crippen molar-refractivity contribution in [2.45, 2.75) is 0 Å². The van der Waals surface area contributed by atoms with Crippen molar-refractivity contribution < 1.29 is 4.39 Å². The Morgan fingerprint density at radius 1 is 0.325 bits per heavy atom. The van der Waals surface area contributed by atoms with Gasteiger partial charge in [0.15, 0.2) is 22.7 Å². The average Bonchev–Trinajstić information content (AvgIpc) is 3.33. The molecule has 12 aromatic rings. The number of benzene rings is 10. The lowest BCUT2D eigenvalue weighted by atomic mass is 9.96. The molecular formula is C70H29FN12. The van der Waals surface area contributed by atoms with Gasteiger partial charge in [-0.1, -0.05) is 72.8 Å². The fraction of sp³-hybridized carbons (Fsp3) is 0. The molecule has 0 saturated carbocycles. The Hall–Kier alpha value is -13.4. The number of fused-ring (bicyclic) bond motifs is 6. The van der Waals surface area contributed by atoms with Gasteiger partial charge >= 0.3 is 0 Å². The van der Waals surface area contributed by atoms with Crippen LogP contribution in [-0.2, 0) is 0 Å². The minimum absolute atomic E-state index is 0.0993. The molecule has 12 rings (SSSR count). The molecule has 376 valence electrons. The first kappa shape index (κ1) is 50.4. The van der Waals surface area contributed by atoms with Crippen LogP contribution in [0, 0.1) is 100 Å². The third-order valence-electron chi connectivity index (χ3n) is 14.9. The molecule has 12 nitrogen and oxygen atoms in total. The van der Waals surface area contributed by atoms with E-state index in [4.69, 9.17) is 26.3 Å². The maximum absolute atomic E-state index is 16.7. The molecule has 0 amide bonds. The minimum Gasteiger partial charge on any atom is -0.308 e. The summed E-state index contributed by atoms with van der Waals surface area (Å²) in [5, 5.41) is 64.5. The number of nitriles is 6. The van der Waals surface area contributed by atoms with E-state index in [0.29, 0.717) is 128 Å². The first-order chi connectivity index (χ1) is 40.6. The van der Waals surface area contributed by atoms with Crippen molar-refractivity contribution in [3.8, 4) is 103 Å². The van der Waals surface area contributed by atoms with E-state index >= 15 is 4.39 Å². The Morgan fingerprint density at radius 2 is 0.711 bits per heavy atom. The van der Waals surface area contributed by atoms with Gasteiger partial charge in [0, 0.05) is 38.2 Å². The summed E-state index contributed by atoms with van der Waals surface area (Å²) in [6, 6.07) is 63.2. The van der Waals surface area contributed by atoms with Gasteiger partial charge in [0.05, 0.1) is 107 Å². The van der Waals surface area contributed by atoms with Crippen molar-refractivity contribution in [1.82, 2.24) is 9.13 Å². The highest BCUT2D eigenvalue weighted by Crippen LogP contribution is 2.46. The first-order valence-corrected chi connectivity index (χ1v) is 25.2. The molecule has 0 aliphatic rings. The van der Waals surface area contributed by atoms with Gasteiger partial charge in [0.2, 0.25) is 0 Å². The highest BCUT2D eigenvalue weighted by molar-refractivity contribution is 6.14. The topological polar surface area (TPSA) is 170 Å². The van der Waals surface area contributed by atoms with Crippen LogP contribution in [0.2, 0.25) is 0 Å². The predicted octanol–water partition coefficient (Wildman–Crippen LogP) is 17.8. The van der Waals surface area contributed by atoms with Crippen molar-refractivity contribution in [3.05, 3.63) is 261 Å². The highest BCUT2D eigenvalue weighted by atomic mass is 19.1. The lowest BCUT2D eigenvalue weighted by Gasteiger charge is -2.19. The maximum Gasteiger partial charge on any atom is 0.196 e. The summed E-state index contributed by atoms with van der Waals surface area (Å²) in [4.78, 5) is 14.6. The van der Waals surface area contributed by atoms with Crippen LogP contribution in [0.5, 0.6) is 0 Å². The van der Waals surface area contributed by atoms with Gasteiger partial charge in [-0.3, -0.25) is 0 Å². The molecule has 0 aliphatic carbocycles. The Kier molecular flexibility index (Phi) is 12.3. The molecule has 0 fully saturated rings.